The minimum absolute atomic E-state index is 0.445. The van der Waals surface area contributed by atoms with Crippen LogP contribution in [0.15, 0.2) is 36.5 Å². The van der Waals surface area contributed by atoms with Crippen LogP contribution in [0.5, 0.6) is 0 Å². The molecule has 1 N–H and O–H groups in total. The largest absolute Gasteiger partial charge is 0.318 e. The van der Waals surface area contributed by atoms with Crippen LogP contribution in [0.2, 0.25) is 0 Å². The first-order valence-electron chi connectivity index (χ1n) is 4.97. The van der Waals surface area contributed by atoms with E-state index in [1.54, 1.807) is 0 Å². The summed E-state index contributed by atoms with van der Waals surface area (Å²) in [6.07, 6.45) is 5.34. The molecule has 0 aromatic heterocycles. The second-order valence-electron chi connectivity index (χ2n) is 3.82. The van der Waals surface area contributed by atoms with Gasteiger partial charge in [-0.3, -0.25) is 0 Å². The predicted octanol–water partition coefficient (Wildman–Crippen LogP) is 1.87. The molecule has 1 aliphatic heterocycles. The molecule has 2 rings (SSSR count). The van der Waals surface area contributed by atoms with Crippen LogP contribution in [0.25, 0.3) is 0 Å². The molecule has 0 fully saturated rings. The van der Waals surface area contributed by atoms with E-state index in [9.17, 15) is 0 Å². The maximum Gasteiger partial charge on any atom is 0.0500 e. The zero-order valence-corrected chi connectivity index (χ0v) is 8.70. The molecular weight excluding hydrogens is 172 g/mol. The molecule has 2 heteroatoms. The van der Waals surface area contributed by atoms with Crippen molar-refractivity contribution in [3.8, 4) is 0 Å². The zero-order chi connectivity index (χ0) is 9.97. The maximum absolute atomic E-state index is 3.35. The number of nitrogens with one attached hydrogen (secondary N) is 1. The lowest BCUT2D eigenvalue weighted by Gasteiger charge is -2.15. The Morgan fingerprint density at radius 2 is 2.14 bits per heavy atom. The summed E-state index contributed by atoms with van der Waals surface area (Å²) in [5, 5.41) is 2.00. The molecule has 14 heavy (non-hydrogen) atoms. The molecule has 1 atom stereocenters. The first-order valence-corrected chi connectivity index (χ1v) is 4.97. The van der Waals surface area contributed by atoms with Crippen LogP contribution in [0, 0.1) is 6.92 Å². The Morgan fingerprint density at radius 1 is 1.36 bits per heavy atom. The molecule has 1 unspecified atom stereocenters. The number of nitrogens with zero attached hydrogens (tertiary/aromatic N) is 1. The van der Waals surface area contributed by atoms with E-state index in [1.165, 1.54) is 11.1 Å². The quantitative estimate of drug-likeness (QED) is 0.762. The molecule has 0 saturated carbocycles. The van der Waals surface area contributed by atoms with Crippen molar-refractivity contribution in [2.75, 3.05) is 7.05 Å². The summed E-state index contributed by atoms with van der Waals surface area (Å²) in [6.45, 7) is 2.16. The number of benzene rings is 1. The SMILES string of the molecule is Cc1ccccc1CC1C=CN(C)N1. The molecule has 1 aromatic rings. The lowest BCUT2D eigenvalue weighted by Crippen LogP contribution is -2.33. The maximum atomic E-state index is 3.35. The van der Waals surface area contributed by atoms with Crippen LogP contribution in [-0.2, 0) is 6.42 Å². The van der Waals surface area contributed by atoms with E-state index in [-0.39, 0.29) is 0 Å². The molecule has 0 amide bonds. The Balaban J connectivity index is 2.05. The molecule has 0 radical (unpaired) electrons. The fourth-order valence-corrected chi connectivity index (χ4v) is 1.77. The smallest absolute Gasteiger partial charge is 0.0500 e. The van der Waals surface area contributed by atoms with Crippen molar-refractivity contribution < 1.29 is 0 Å². The second-order valence-corrected chi connectivity index (χ2v) is 3.82. The molecule has 1 aromatic carbocycles. The van der Waals surface area contributed by atoms with Crippen molar-refractivity contribution in [1.29, 1.82) is 0 Å². The van der Waals surface area contributed by atoms with E-state index < -0.39 is 0 Å². The zero-order valence-electron chi connectivity index (χ0n) is 8.70. The summed E-state index contributed by atoms with van der Waals surface area (Å²) in [5.74, 6) is 0. The molecule has 0 saturated heterocycles. The van der Waals surface area contributed by atoms with Crippen LogP contribution < -0.4 is 5.43 Å². The van der Waals surface area contributed by atoms with Gasteiger partial charge in [0.1, 0.15) is 0 Å². The Bertz CT molecular complexity index is 344. The second kappa shape index (κ2) is 3.84. The Morgan fingerprint density at radius 3 is 2.79 bits per heavy atom. The highest BCUT2D eigenvalue weighted by molar-refractivity contribution is 5.27. The number of hydrazine groups is 1. The molecule has 0 spiro atoms. The van der Waals surface area contributed by atoms with Gasteiger partial charge < -0.3 is 5.01 Å². The summed E-state index contributed by atoms with van der Waals surface area (Å²) in [7, 11) is 2.02. The van der Waals surface area contributed by atoms with E-state index in [2.05, 4.69) is 48.9 Å². The average Bonchev–Trinajstić information content (AvgIpc) is 2.56. The fraction of sp³-hybridized carbons (Fsp3) is 0.333. The Kier molecular flexibility index (Phi) is 2.55. The van der Waals surface area contributed by atoms with Crippen LogP contribution in [0.3, 0.4) is 0 Å². The normalized spacial score (nSPS) is 20.4. The van der Waals surface area contributed by atoms with Gasteiger partial charge in [0, 0.05) is 19.3 Å². The Labute approximate surface area is 85.2 Å². The third kappa shape index (κ3) is 1.96. The third-order valence-electron chi connectivity index (χ3n) is 2.61. The van der Waals surface area contributed by atoms with Crippen LogP contribution in [0.1, 0.15) is 11.1 Å². The standard InChI is InChI=1S/C12H16N2/c1-10-5-3-4-6-11(10)9-12-7-8-14(2)13-12/h3-8,12-13H,9H2,1-2H3. The summed E-state index contributed by atoms with van der Waals surface area (Å²) in [5.41, 5.74) is 6.15. The Hall–Kier alpha value is -1.28. The van der Waals surface area contributed by atoms with Gasteiger partial charge in [0.25, 0.3) is 0 Å². The van der Waals surface area contributed by atoms with Gasteiger partial charge in [-0.15, -0.1) is 0 Å². The van der Waals surface area contributed by atoms with Crippen molar-refractivity contribution in [2.45, 2.75) is 19.4 Å². The van der Waals surface area contributed by atoms with Gasteiger partial charge in [-0.25, -0.2) is 5.43 Å². The molecule has 0 bridgehead atoms. The summed E-state index contributed by atoms with van der Waals surface area (Å²) >= 11 is 0. The molecule has 74 valence electrons. The van der Waals surface area contributed by atoms with Crippen molar-refractivity contribution in [3.63, 3.8) is 0 Å². The van der Waals surface area contributed by atoms with E-state index in [0.29, 0.717) is 6.04 Å². The van der Waals surface area contributed by atoms with Gasteiger partial charge in [-0.05, 0) is 30.5 Å². The van der Waals surface area contributed by atoms with Crippen molar-refractivity contribution in [2.24, 2.45) is 0 Å². The summed E-state index contributed by atoms with van der Waals surface area (Å²) < 4.78 is 0. The molecular formula is C12H16N2. The van der Waals surface area contributed by atoms with Gasteiger partial charge in [-0.1, -0.05) is 24.3 Å². The topological polar surface area (TPSA) is 15.3 Å². The molecule has 0 aliphatic carbocycles. The van der Waals surface area contributed by atoms with Crippen molar-refractivity contribution in [1.82, 2.24) is 10.4 Å². The van der Waals surface area contributed by atoms with Gasteiger partial charge >= 0.3 is 0 Å². The van der Waals surface area contributed by atoms with Crippen molar-refractivity contribution >= 4 is 0 Å². The van der Waals surface area contributed by atoms with Crippen LogP contribution in [0.4, 0.5) is 0 Å². The van der Waals surface area contributed by atoms with Crippen molar-refractivity contribution in [3.05, 3.63) is 47.7 Å². The van der Waals surface area contributed by atoms with Gasteiger partial charge in [0.05, 0.1) is 0 Å². The highest BCUT2D eigenvalue weighted by atomic mass is 15.5. The number of hydrogen-bond donors (Lipinski definition) is 1. The molecule has 1 aliphatic rings. The first-order chi connectivity index (χ1) is 6.75. The molecule has 2 nitrogen and oxygen atoms in total. The van der Waals surface area contributed by atoms with E-state index in [1.807, 2.05) is 12.1 Å². The van der Waals surface area contributed by atoms with E-state index in [4.69, 9.17) is 0 Å². The highest BCUT2D eigenvalue weighted by Crippen LogP contribution is 2.12. The minimum atomic E-state index is 0.445. The third-order valence-corrected chi connectivity index (χ3v) is 2.61. The molecule has 1 heterocycles. The average molecular weight is 188 g/mol. The fourth-order valence-electron chi connectivity index (χ4n) is 1.77. The van der Waals surface area contributed by atoms with Gasteiger partial charge in [0.15, 0.2) is 0 Å². The van der Waals surface area contributed by atoms with Crippen LogP contribution in [-0.4, -0.2) is 18.1 Å². The number of rotatable bonds is 2. The number of hydrogen-bond acceptors (Lipinski definition) is 2. The highest BCUT2D eigenvalue weighted by Gasteiger charge is 2.12. The monoisotopic (exact) mass is 188 g/mol. The van der Waals surface area contributed by atoms with Gasteiger partial charge in [0.2, 0.25) is 0 Å². The van der Waals surface area contributed by atoms with E-state index >= 15 is 0 Å². The lowest BCUT2D eigenvalue weighted by atomic mass is 10.0. The van der Waals surface area contributed by atoms with Gasteiger partial charge in [-0.2, -0.15) is 0 Å². The van der Waals surface area contributed by atoms with E-state index in [0.717, 1.165) is 6.42 Å². The lowest BCUT2D eigenvalue weighted by molar-refractivity contribution is 0.329. The first kappa shape index (κ1) is 9.28. The minimum Gasteiger partial charge on any atom is -0.318 e. The predicted molar refractivity (Wildman–Crippen MR) is 58.7 cm³/mol. The number of aryl methyl sites for hydroxylation is 1. The summed E-state index contributed by atoms with van der Waals surface area (Å²) in [4.78, 5) is 0. The van der Waals surface area contributed by atoms with Crippen LogP contribution >= 0.6 is 0 Å². The summed E-state index contributed by atoms with van der Waals surface area (Å²) in [6, 6.07) is 9.00.